The van der Waals surface area contributed by atoms with Crippen molar-refractivity contribution in [2.45, 2.75) is 66.9 Å². The van der Waals surface area contributed by atoms with Crippen molar-refractivity contribution in [1.82, 2.24) is 0 Å². The van der Waals surface area contributed by atoms with Crippen molar-refractivity contribution in [3.63, 3.8) is 0 Å². The minimum atomic E-state index is -0.836. The van der Waals surface area contributed by atoms with Gasteiger partial charge >= 0.3 is 11.9 Å². The molecule has 0 heterocycles. The van der Waals surface area contributed by atoms with Crippen LogP contribution in [0, 0.1) is 23.2 Å². The van der Waals surface area contributed by atoms with Gasteiger partial charge in [-0.2, -0.15) is 0 Å². The van der Waals surface area contributed by atoms with Crippen molar-refractivity contribution < 1.29 is 23.9 Å². The molecule has 5 nitrogen and oxygen atoms in total. The molecule has 0 aliphatic heterocycles. The highest BCUT2D eigenvalue weighted by atomic mass is 16.5. The summed E-state index contributed by atoms with van der Waals surface area (Å²) in [6, 6.07) is 0. The van der Waals surface area contributed by atoms with Gasteiger partial charge in [-0.05, 0) is 64.9 Å². The van der Waals surface area contributed by atoms with Crippen LogP contribution < -0.4 is 0 Å². The van der Waals surface area contributed by atoms with E-state index in [1.165, 1.54) is 7.11 Å². The Balaban J connectivity index is 2.47. The summed E-state index contributed by atoms with van der Waals surface area (Å²) in [4.78, 5) is 37.3. The van der Waals surface area contributed by atoms with Crippen LogP contribution in [0.3, 0.4) is 0 Å². The maximum atomic E-state index is 12.5. The molecule has 5 heteroatoms. The van der Waals surface area contributed by atoms with E-state index in [-0.39, 0.29) is 35.5 Å². The Kier molecular flexibility index (Phi) is 6.33. The van der Waals surface area contributed by atoms with Crippen molar-refractivity contribution in [1.29, 1.82) is 0 Å². The first-order valence-electron chi connectivity index (χ1n) is 9.69. The van der Waals surface area contributed by atoms with Gasteiger partial charge in [0.1, 0.15) is 6.10 Å². The number of hydrogen-bond donors (Lipinski definition) is 0. The molecule has 0 saturated heterocycles. The quantitative estimate of drug-likeness (QED) is 0.547. The topological polar surface area (TPSA) is 69.7 Å². The van der Waals surface area contributed by atoms with Gasteiger partial charge in [0.2, 0.25) is 0 Å². The second kappa shape index (κ2) is 7.99. The molecule has 4 unspecified atom stereocenters. The lowest BCUT2D eigenvalue weighted by Crippen LogP contribution is -2.42. The van der Waals surface area contributed by atoms with Crippen LogP contribution in [0.5, 0.6) is 0 Å². The third-order valence-corrected chi connectivity index (χ3v) is 6.58. The largest absolute Gasteiger partial charge is 0.469 e. The van der Waals surface area contributed by atoms with E-state index in [2.05, 4.69) is 6.92 Å². The molecular formula is C22H32O5. The average Bonchev–Trinajstić information content (AvgIpc) is 2.83. The minimum absolute atomic E-state index is 0.167. The van der Waals surface area contributed by atoms with E-state index in [0.717, 1.165) is 11.1 Å². The SMILES string of the molecule is C/C=C(\C)C(=O)OC1CC(C)C2CC(=O)C(C)=C2CC1C(C)(C)C(=O)OC. The molecule has 1 saturated carbocycles. The monoisotopic (exact) mass is 376 g/mol. The van der Waals surface area contributed by atoms with Crippen molar-refractivity contribution in [3.8, 4) is 0 Å². The molecule has 0 radical (unpaired) electrons. The van der Waals surface area contributed by atoms with Gasteiger partial charge in [-0.15, -0.1) is 0 Å². The lowest BCUT2D eigenvalue weighted by atomic mass is 9.72. The van der Waals surface area contributed by atoms with Gasteiger partial charge in [-0.1, -0.05) is 18.6 Å². The number of esters is 2. The number of Topliss-reactive ketones (excluding diaryl/α,β-unsaturated/α-hetero) is 1. The van der Waals surface area contributed by atoms with Crippen LogP contribution in [0.25, 0.3) is 0 Å². The number of hydrogen-bond acceptors (Lipinski definition) is 5. The van der Waals surface area contributed by atoms with Crippen LogP contribution in [-0.4, -0.2) is 30.9 Å². The zero-order chi connectivity index (χ0) is 20.5. The first-order valence-corrected chi connectivity index (χ1v) is 9.69. The molecule has 2 aliphatic rings. The number of carbonyl (C=O) groups excluding carboxylic acids is 3. The fraction of sp³-hybridized carbons (Fsp3) is 0.682. The maximum Gasteiger partial charge on any atom is 0.333 e. The lowest BCUT2D eigenvalue weighted by Gasteiger charge is -2.36. The summed E-state index contributed by atoms with van der Waals surface area (Å²) in [7, 11) is 1.38. The van der Waals surface area contributed by atoms with Crippen LogP contribution in [0.15, 0.2) is 22.8 Å². The fourth-order valence-electron chi connectivity index (χ4n) is 4.46. The molecule has 2 rings (SSSR count). The van der Waals surface area contributed by atoms with Gasteiger partial charge in [0.25, 0.3) is 0 Å². The highest BCUT2D eigenvalue weighted by Gasteiger charge is 2.49. The molecule has 150 valence electrons. The molecule has 27 heavy (non-hydrogen) atoms. The molecule has 0 amide bonds. The lowest BCUT2D eigenvalue weighted by molar-refractivity contribution is -0.164. The van der Waals surface area contributed by atoms with Gasteiger partial charge < -0.3 is 9.47 Å². The number of allylic oxidation sites excluding steroid dienone is 3. The Labute approximate surface area is 162 Å². The smallest absolute Gasteiger partial charge is 0.333 e. The third kappa shape index (κ3) is 4.02. The summed E-state index contributed by atoms with van der Waals surface area (Å²) in [5, 5.41) is 0. The summed E-state index contributed by atoms with van der Waals surface area (Å²) in [5.41, 5.74) is 1.65. The van der Waals surface area contributed by atoms with Crippen LogP contribution in [0.1, 0.15) is 60.8 Å². The summed E-state index contributed by atoms with van der Waals surface area (Å²) >= 11 is 0. The van der Waals surface area contributed by atoms with Gasteiger partial charge in [-0.3, -0.25) is 9.59 Å². The Hall–Kier alpha value is -1.91. The normalized spacial score (nSPS) is 29.3. The van der Waals surface area contributed by atoms with Gasteiger partial charge in [-0.25, -0.2) is 4.79 Å². The number of carbonyl (C=O) groups is 3. The number of rotatable bonds is 4. The molecular weight excluding hydrogens is 344 g/mol. The number of fused-ring (bicyclic) bond motifs is 1. The molecule has 0 aromatic rings. The molecule has 1 fully saturated rings. The highest BCUT2D eigenvalue weighted by Crippen LogP contribution is 2.49. The molecule has 2 aliphatic carbocycles. The standard InChI is InChI=1S/C22H32O5/c1-8-12(2)20(24)27-19-9-13(3)15-11-18(23)14(4)16(15)10-17(19)22(5,6)21(25)26-7/h8,13,15,17,19H,9-11H2,1-7H3/b12-8+. The Morgan fingerprint density at radius 1 is 1.22 bits per heavy atom. The Morgan fingerprint density at radius 2 is 1.85 bits per heavy atom. The van der Waals surface area contributed by atoms with Crippen molar-refractivity contribution in [2.24, 2.45) is 23.2 Å². The number of ether oxygens (including phenoxy) is 2. The maximum absolute atomic E-state index is 12.5. The van der Waals surface area contributed by atoms with E-state index in [4.69, 9.17) is 9.47 Å². The zero-order valence-electron chi connectivity index (χ0n) is 17.5. The minimum Gasteiger partial charge on any atom is -0.469 e. The Morgan fingerprint density at radius 3 is 2.41 bits per heavy atom. The van der Waals surface area contributed by atoms with Crippen LogP contribution in [0.2, 0.25) is 0 Å². The van der Waals surface area contributed by atoms with E-state index < -0.39 is 11.5 Å². The first kappa shape index (κ1) is 21.4. The van der Waals surface area contributed by atoms with Gasteiger partial charge in [0.05, 0.1) is 12.5 Å². The van der Waals surface area contributed by atoms with E-state index in [1.54, 1.807) is 19.9 Å². The second-order valence-corrected chi connectivity index (χ2v) is 8.54. The molecule has 0 aromatic heterocycles. The van der Waals surface area contributed by atoms with Gasteiger partial charge in [0, 0.05) is 17.9 Å². The highest BCUT2D eigenvalue weighted by molar-refractivity contribution is 5.98. The van der Waals surface area contributed by atoms with E-state index in [0.29, 0.717) is 24.8 Å². The Bertz CT molecular complexity index is 697. The molecule has 0 spiro atoms. The summed E-state index contributed by atoms with van der Waals surface area (Å²) in [5.74, 6) is -0.374. The molecule has 0 N–H and O–H groups in total. The predicted octanol–water partition coefficient (Wildman–Crippen LogP) is 4.02. The number of ketones is 1. The van der Waals surface area contributed by atoms with Crippen molar-refractivity contribution in [3.05, 3.63) is 22.8 Å². The van der Waals surface area contributed by atoms with Crippen molar-refractivity contribution in [2.75, 3.05) is 7.11 Å². The molecule has 0 bridgehead atoms. The van der Waals surface area contributed by atoms with E-state index >= 15 is 0 Å². The third-order valence-electron chi connectivity index (χ3n) is 6.58. The summed E-state index contributed by atoms with van der Waals surface area (Å²) in [6.07, 6.45) is 3.03. The van der Waals surface area contributed by atoms with Crippen molar-refractivity contribution >= 4 is 17.7 Å². The van der Waals surface area contributed by atoms with Crippen LogP contribution in [-0.2, 0) is 23.9 Å². The molecule has 0 aromatic carbocycles. The van der Waals surface area contributed by atoms with Crippen LogP contribution in [0.4, 0.5) is 0 Å². The van der Waals surface area contributed by atoms with E-state index in [1.807, 2.05) is 20.8 Å². The number of methoxy groups -OCH3 is 1. The summed E-state index contributed by atoms with van der Waals surface area (Å²) < 4.78 is 10.9. The van der Waals surface area contributed by atoms with Crippen LogP contribution >= 0.6 is 0 Å². The first-order chi connectivity index (χ1) is 12.5. The zero-order valence-corrected chi connectivity index (χ0v) is 17.5. The van der Waals surface area contributed by atoms with E-state index in [9.17, 15) is 14.4 Å². The van der Waals surface area contributed by atoms with Gasteiger partial charge in [0.15, 0.2) is 5.78 Å². The fourth-order valence-corrected chi connectivity index (χ4v) is 4.46. The average molecular weight is 376 g/mol. The summed E-state index contributed by atoms with van der Waals surface area (Å²) in [6.45, 7) is 11.2. The predicted molar refractivity (Wildman–Crippen MR) is 103 cm³/mol. The second-order valence-electron chi connectivity index (χ2n) is 8.54. The molecule has 4 atom stereocenters.